The van der Waals surface area contributed by atoms with Gasteiger partial charge in [0.25, 0.3) is 0 Å². The van der Waals surface area contributed by atoms with Gasteiger partial charge in [-0.1, -0.05) is 12.1 Å². The summed E-state index contributed by atoms with van der Waals surface area (Å²) >= 11 is 0. The molecule has 0 radical (unpaired) electrons. The predicted octanol–water partition coefficient (Wildman–Crippen LogP) is 3.25. The number of benzene rings is 2. The number of halogens is 3. The first-order valence-electron chi connectivity index (χ1n) is 10.0. The third-order valence-corrected chi connectivity index (χ3v) is 5.97. The van der Waals surface area contributed by atoms with Crippen LogP contribution in [0, 0.1) is 0 Å². The van der Waals surface area contributed by atoms with Gasteiger partial charge in [0.1, 0.15) is 0 Å². The molecular formula is C22H25F3N4O. The molecule has 0 unspecified atom stereocenters. The first-order chi connectivity index (χ1) is 14.2. The van der Waals surface area contributed by atoms with E-state index in [-0.39, 0.29) is 6.54 Å². The largest absolute Gasteiger partial charge is 0.416 e. The summed E-state index contributed by atoms with van der Waals surface area (Å²) in [4.78, 5) is 17.6. The van der Waals surface area contributed by atoms with Gasteiger partial charge in [0, 0.05) is 56.2 Å². The average Bonchev–Trinajstić information content (AvgIpc) is 3.12. The smallest absolute Gasteiger partial charge is 0.366 e. The van der Waals surface area contributed by atoms with Crippen LogP contribution in [0.15, 0.2) is 36.4 Å². The van der Waals surface area contributed by atoms with Crippen LogP contribution >= 0.6 is 0 Å². The minimum absolute atomic E-state index is 0.283. The maximum atomic E-state index is 13.9. The van der Waals surface area contributed by atoms with Gasteiger partial charge in [0.15, 0.2) is 0 Å². The highest BCUT2D eigenvalue weighted by molar-refractivity contribution is 5.94. The van der Waals surface area contributed by atoms with E-state index in [1.54, 1.807) is 24.3 Å². The lowest BCUT2D eigenvalue weighted by molar-refractivity contribution is -0.138. The minimum atomic E-state index is -4.43. The van der Waals surface area contributed by atoms with Crippen LogP contribution < -0.4 is 10.6 Å². The fraction of sp³-hybridized carbons (Fsp3) is 0.409. The van der Waals surface area contributed by atoms with Crippen molar-refractivity contribution < 1.29 is 18.0 Å². The molecule has 0 atom stereocenters. The second-order valence-corrected chi connectivity index (χ2v) is 8.03. The van der Waals surface area contributed by atoms with Gasteiger partial charge in [-0.05, 0) is 48.9 Å². The summed E-state index contributed by atoms with van der Waals surface area (Å²) in [6, 6.07) is 9.71. The molecule has 30 heavy (non-hydrogen) atoms. The molecule has 0 aliphatic carbocycles. The lowest BCUT2D eigenvalue weighted by Gasteiger charge is -2.33. The van der Waals surface area contributed by atoms with Gasteiger partial charge in [-0.3, -0.25) is 9.69 Å². The summed E-state index contributed by atoms with van der Waals surface area (Å²) in [6.07, 6.45) is -3.73. The van der Waals surface area contributed by atoms with Gasteiger partial charge in [0.05, 0.1) is 5.56 Å². The van der Waals surface area contributed by atoms with E-state index in [1.807, 2.05) is 18.0 Å². The Balaban J connectivity index is 1.65. The summed E-state index contributed by atoms with van der Waals surface area (Å²) in [7, 11) is 2.02. The summed E-state index contributed by atoms with van der Waals surface area (Å²) in [5.74, 6) is -0.553. The number of primary amides is 1. The molecule has 2 aliphatic rings. The van der Waals surface area contributed by atoms with E-state index >= 15 is 0 Å². The van der Waals surface area contributed by atoms with Crippen LogP contribution in [0.2, 0.25) is 0 Å². The van der Waals surface area contributed by atoms with Crippen LogP contribution in [0.1, 0.15) is 27.0 Å². The van der Waals surface area contributed by atoms with Gasteiger partial charge in [-0.15, -0.1) is 0 Å². The van der Waals surface area contributed by atoms with Crippen LogP contribution in [-0.2, 0) is 19.1 Å². The van der Waals surface area contributed by atoms with E-state index in [0.717, 1.165) is 37.4 Å². The Bertz CT molecular complexity index is 952. The molecule has 2 aromatic rings. The van der Waals surface area contributed by atoms with Gasteiger partial charge in [0.2, 0.25) is 5.91 Å². The molecular weight excluding hydrogens is 393 g/mol. The number of anilines is 2. The number of hydrogen-bond acceptors (Lipinski definition) is 4. The zero-order valence-corrected chi connectivity index (χ0v) is 16.9. The van der Waals surface area contributed by atoms with E-state index in [0.29, 0.717) is 29.8 Å². The van der Waals surface area contributed by atoms with Crippen molar-refractivity contribution in [2.24, 2.45) is 5.73 Å². The van der Waals surface area contributed by atoms with Crippen molar-refractivity contribution in [1.82, 2.24) is 9.80 Å². The lowest BCUT2D eigenvalue weighted by atomic mass is 10.0. The van der Waals surface area contributed by atoms with Crippen molar-refractivity contribution in [3.8, 4) is 0 Å². The Labute approximate surface area is 173 Å². The first-order valence-corrected chi connectivity index (χ1v) is 10.0. The fourth-order valence-electron chi connectivity index (χ4n) is 4.18. The van der Waals surface area contributed by atoms with Crippen molar-refractivity contribution in [3.63, 3.8) is 0 Å². The van der Waals surface area contributed by atoms with E-state index in [4.69, 9.17) is 5.73 Å². The number of carbonyl (C=O) groups excluding carboxylic acids is 1. The number of hydrogen-bond donors (Lipinski definition) is 1. The molecule has 1 amide bonds. The van der Waals surface area contributed by atoms with Crippen molar-refractivity contribution in [2.45, 2.75) is 19.1 Å². The molecule has 0 aromatic heterocycles. The molecule has 2 aliphatic heterocycles. The van der Waals surface area contributed by atoms with Crippen LogP contribution in [0.5, 0.6) is 0 Å². The normalized spacial score (nSPS) is 17.9. The summed E-state index contributed by atoms with van der Waals surface area (Å²) in [5.41, 5.74) is 7.64. The Kier molecular flexibility index (Phi) is 5.46. The SMILES string of the molecule is CN1CCN(Cc2ccc(N3CCc4ccc(C(N)=O)cc43)cc2C(F)(F)F)CC1. The van der Waals surface area contributed by atoms with Crippen molar-refractivity contribution >= 4 is 17.3 Å². The number of carbonyl (C=O) groups is 1. The maximum Gasteiger partial charge on any atom is 0.416 e. The van der Waals surface area contributed by atoms with Crippen LogP contribution in [0.4, 0.5) is 24.5 Å². The monoisotopic (exact) mass is 418 g/mol. The van der Waals surface area contributed by atoms with E-state index in [1.165, 1.54) is 6.07 Å². The molecule has 5 nitrogen and oxygen atoms in total. The molecule has 0 bridgehead atoms. The van der Waals surface area contributed by atoms with Crippen molar-refractivity contribution in [1.29, 1.82) is 0 Å². The minimum Gasteiger partial charge on any atom is -0.366 e. The highest BCUT2D eigenvalue weighted by Gasteiger charge is 2.35. The van der Waals surface area contributed by atoms with Gasteiger partial charge in [-0.25, -0.2) is 0 Å². The fourth-order valence-corrected chi connectivity index (χ4v) is 4.18. The third kappa shape index (κ3) is 4.15. The summed E-state index contributed by atoms with van der Waals surface area (Å²) in [6.45, 7) is 4.06. The Morgan fingerprint density at radius 1 is 1.03 bits per heavy atom. The van der Waals surface area contributed by atoms with Gasteiger partial charge >= 0.3 is 6.18 Å². The lowest BCUT2D eigenvalue weighted by Crippen LogP contribution is -2.44. The van der Waals surface area contributed by atoms with Crippen LogP contribution in [-0.4, -0.2) is 55.5 Å². The zero-order chi connectivity index (χ0) is 21.5. The second kappa shape index (κ2) is 7.92. The van der Waals surface area contributed by atoms with Crippen molar-refractivity contribution in [2.75, 3.05) is 44.7 Å². The molecule has 2 heterocycles. The highest BCUT2D eigenvalue weighted by atomic mass is 19.4. The van der Waals surface area contributed by atoms with E-state index in [9.17, 15) is 18.0 Å². The number of likely N-dealkylation sites (N-methyl/N-ethyl adjacent to an activating group) is 1. The maximum absolute atomic E-state index is 13.9. The standard InChI is InChI=1S/C22H25F3N4O/c1-27-8-10-28(11-9-27)14-17-4-5-18(13-19(17)22(23,24)25)29-7-6-15-2-3-16(21(26)30)12-20(15)29/h2-5,12-13H,6-11,14H2,1H3,(H2,26,30). The van der Waals surface area contributed by atoms with Crippen LogP contribution in [0.25, 0.3) is 0 Å². The van der Waals surface area contributed by atoms with Gasteiger partial charge in [-0.2, -0.15) is 13.2 Å². The molecule has 0 spiro atoms. The quantitative estimate of drug-likeness (QED) is 0.828. The zero-order valence-electron chi connectivity index (χ0n) is 16.9. The molecule has 4 rings (SSSR count). The molecule has 1 saturated heterocycles. The number of fused-ring (bicyclic) bond motifs is 1. The second-order valence-electron chi connectivity index (χ2n) is 8.03. The third-order valence-electron chi connectivity index (χ3n) is 5.97. The van der Waals surface area contributed by atoms with Gasteiger partial charge < -0.3 is 15.5 Å². The molecule has 8 heteroatoms. The van der Waals surface area contributed by atoms with Crippen molar-refractivity contribution in [3.05, 3.63) is 58.7 Å². The average molecular weight is 418 g/mol. The Morgan fingerprint density at radius 3 is 2.43 bits per heavy atom. The highest BCUT2D eigenvalue weighted by Crippen LogP contribution is 2.40. The van der Waals surface area contributed by atoms with E-state index < -0.39 is 17.6 Å². The molecule has 160 valence electrons. The first kappa shape index (κ1) is 20.7. The van der Waals surface area contributed by atoms with E-state index in [2.05, 4.69) is 9.80 Å². The Morgan fingerprint density at radius 2 is 1.77 bits per heavy atom. The number of piperazine rings is 1. The number of amides is 1. The predicted molar refractivity (Wildman–Crippen MR) is 110 cm³/mol. The molecule has 2 N–H and O–H groups in total. The molecule has 0 saturated carbocycles. The summed E-state index contributed by atoms with van der Waals surface area (Å²) in [5, 5.41) is 0. The molecule has 1 fully saturated rings. The number of nitrogens with two attached hydrogens (primary N) is 1. The topological polar surface area (TPSA) is 52.8 Å². The summed E-state index contributed by atoms with van der Waals surface area (Å²) < 4.78 is 41.7. The number of nitrogens with zero attached hydrogens (tertiary/aromatic N) is 3. The number of rotatable bonds is 4. The Hall–Kier alpha value is -2.58. The van der Waals surface area contributed by atoms with Crippen LogP contribution in [0.3, 0.4) is 0 Å². The number of alkyl halides is 3. The molecule has 2 aromatic carbocycles.